The number of pyridine rings is 1. The van der Waals surface area contributed by atoms with E-state index in [2.05, 4.69) is 27.4 Å². The van der Waals surface area contributed by atoms with Crippen molar-refractivity contribution in [1.29, 1.82) is 0 Å². The van der Waals surface area contributed by atoms with E-state index in [0.717, 1.165) is 51.1 Å². The number of carbonyl (C=O) groups is 1. The first-order valence-corrected chi connectivity index (χ1v) is 10.7. The Morgan fingerprint density at radius 1 is 1.16 bits per heavy atom. The van der Waals surface area contributed by atoms with Gasteiger partial charge >= 0.3 is 5.97 Å². The van der Waals surface area contributed by atoms with Crippen LogP contribution in [0.1, 0.15) is 16.8 Å². The lowest BCUT2D eigenvalue weighted by atomic mass is 9.88. The van der Waals surface area contributed by atoms with Crippen molar-refractivity contribution in [2.45, 2.75) is 26.8 Å². The fourth-order valence-electron chi connectivity index (χ4n) is 4.80. The van der Waals surface area contributed by atoms with Crippen molar-refractivity contribution in [2.24, 2.45) is 0 Å². The van der Waals surface area contributed by atoms with Crippen molar-refractivity contribution in [3.05, 3.63) is 76.3 Å². The van der Waals surface area contributed by atoms with E-state index in [1.165, 1.54) is 12.3 Å². The zero-order valence-corrected chi connectivity index (χ0v) is 18.4. The monoisotopic (exact) mass is 449 g/mol. The lowest BCUT2D eigenvalue weighted by Crippen LogP contribution is -2.29. The Kier molecular flexibility index (Phi) is 4.90. The quantitative estimate of drug-likeness (QED) is 0.422. The summed E-state index contributed by atoms with van der Waals surface area (Å²) in [6, 6.07) is 12.7. The molecule has 3 heterocycles. The van der Waals surface area contributed by atoms with Crippen LogP contribution < -0.4 is 4.90 Å². The Morgan fingerprint density at radius 3 is 2.56 bits per heavy atom. The van der Waals surface area contributed by atoms with Gasteiger partial charge in [-0.2, -0.15) is 0 Å². The van der Waals surface area contributed by atoms with Crippen LogP contribution in [0.2, 0.25) is 5.02 Å². The Hall–Kier alpha value is -3.38. The topological polar surface area (TPSA) is 58.4 Å². The van der Waals surface area contributed by atoms with Crippen LogP contribution >= 0.6 is 11.6 Å². The molecule has 1 N–H and O–H groups in total. The fraction of sp³-hybridized carbons (Fsp3) is 0.200. The van der Waals surface area contributed by atoms with Gasteiger partial charge in [-0.15, -0.1) is 0 Å². The van der Waals surface area contributed by atoms with Crippen LogP contribution in [0.25, 0.3) is 22.0 Å². The SMILES string of the molecule is Cc1c(CC(=O)O)c(-c2ccc(Cl)cc2)c2cc(C)n3c2c1N(c1ccc(F)cn1)CC3. The summed E-state index contributed by atoms with van der Waals surface area (Å²) in [5.74, 6) is -0.647. The van der Waals surface area contributed by atoms with Gasteiger partial charge in [-0.05, 0) is 66.4 Å². The van der Waals surface area contributed by atoms with E-state index >= 15 is 0 Å². The van der Waals surface area contributed by atoms with Crippen LogP contribution in [-0.4, -0.2) is 27.2 Å². The van der Waals surface area contributed by atoms with Gasteiger partial charge in [-0.25, -0.2) is 9.37 Å². The van der Waals surface area contributed by atoms with Crippen LogP contribution in [0.15, 0.2) is 48.7 Å². The zero-order valence-electron chi connectivity index (χ0n) is 17.7. The Labute approximate surface area is 189 Å². The van der Waals surface area contributed by atoms with Crippen molar-refractivity contribution in [2.75, 3.05) is 11.4 Å². The number of anilines is 2. The highest BCUT2D eigenvalue weighted by Gasteiger charge is 2.29. The summed E-state index contributed by atoms with van der Waals surface area (Å²) in [6.07, 6.45) is 1.10. The van der Waals surface area contributed by atoms with E-state index in [0.29, 0.717) is 17.4 Å². The van der Waals surface area contributed by atoms with E-state index in [1.54, 1.807) is 6.07 Å². The molecule has 1 aliphatic rings. The Balaban J connectivity index is 1.86. The largest absolute Gasteiger partial charge is 0.481 e. The molecule has 0 amide bonds. The number of hydrogen-bond acceptors (Lipinski definition) is 3. The molecule has 0 spiro atoms. The van der Waals surface area contributed by atoms with Gasteiger partial charge in [0.2, 0.25) is 0 Å². The molecule has 0 saturated heterocycles. The maximum Gasteiger partial charge on any atom is 0.307 e. The smallest absolute Gasteiger partial charge is 0.307 e. The molecule has 1 aliphatic heterocycles. The summed E-state index contributed by atoms with van der Waals surface area (Å²) in [4.78, 5) is 18.2. The standard InChI is InChI=1S/C25H21ClFN3O2/c1-14-11-20-23(16-3-5-17(26)6-4-16)19(12-22(31)32)15(2)24-25(20)29(14)9-10-30(24)21-8-7-18(27)13-28-21/h3-8,11,13H,9-10,12H2,1-2H3,(H,31,32). The van der Waals surface area contributed by atoms with Crippen molar-refractivity contribution in [3.63, 3.8) is 0 Å². The van der Waals surface area contributed by atoms with Gasteiger partial charge < -0.3 is 14.6 Å². The summed E-state index contributed by atoms with van der Waals surface area (Å²) in [7, 11) is 0. The molecule has 4 aromatic rings. The highest BCUT2D eigenvalue weighted by molar-refractivity contribution is 6.30. The number of benzene rings is 2. The summed E-state index contributed by atoms with van der Waals surface area (Å²) in [6.45, 7) is 5.43. The molecule has 5 rings (SSSR count). The summed E-state index contributed by atoms with van der Waals surface area (Å²) >= 11 is 6.12. The van der Waals surface area contributed by atoms with Gasteiger partial charge in [0.15, 0.2) is 0 Å². The van der Waals surface area contributed by atoms with Gasteiger partial charge in [-0.3, -0.25) is 4.79 Å². The van der Waals surface area contributed by atoms with E-state index in [-0.39, 0.29) is 6.42 Å². The molecule has 0 radical (unpaired) electrons. The Bertz CT molecular complexity index is 1360. The van der Waals surface area contributed by atoms with E-state index in [9.17, 15) is 14.3 Å². The molecule has 162 valence electrons. The first kappa shape index (κ1) is 20.5. The van der Waals surface area contributed by atoms with Crippen molar-refractivity contribution in [3.8, 4) is 11.1 Å². The number of carboxylic acids is 1. The van der Waals surface area contributed by atoms with Crippen molar-refractivity contribution < 1.29 is 14.3 Å². The second kappa shape index (κ2) is 7.64. The number of rotatable bonds is 4. The normalized spacial score (nSPS) is 13.1. The third kappa shape index (κ3) is 3.22. The third-order valence-electron chi connectivity index (χ3n) is 6.17. The van der Waals surface area contributed by atoms with E-state index in [4.69, 9.17) is 11.6 Å². The molecular formula is C25H21ClFN3O2. The summed E-state index contributed by atoms with van der Waals surface area (Å²) in [5, 5.41) is 11.4. The van der Waals surface area contributed by atoms with Gasteiger partial charge in [-0.1, -0.05) is 23.7 Å². The predicted octanol–water partition coefficient (Wildman–Crippen LogP) is 5.89. The first-order chi connectivity index (χ1) is 15.3. The third-order valence-corrected chi connectivity index (χ3v) is 6.43. The molecule has 0 saturated carbocycles. The van der Waals surface area contributed by atoms with Gasteiger partial charge in [0.1, 0.15) is 11.6 Å². The van der Waals surface area contributed by atoms with E-state index in [1.807, 2.05) is 31.2 Å². The maximum absolute atomic E-state index is 13.5. The molecule has 32 heavy (non-hydrogen) atoms. The number of carboxylic acid groups (broad SMARTS) is 1. The number of halogens is 2. The molecule has 0 unspecified atom stereocenters. The maximum atomic E-state index is 13.5. The lowest BCUT2D eigenvalue weighted by molar-refractivity contribution is -0.136. The van der Waals surface area contributed by atoms with Gasteiger partial charge in [0.05, 0.1) is 23.8 Å². The van der Waals surface area contributed by atoms with Crippen LogP contribution in [-0.2, 0) is 17.8 Å². The van der Waals surface area contributed by atoms with Gasteiger partial charge in [0, 0.05) is 29.2 Å². The molecule has 2 aromatic heterocycles. The first-order valence-electron chi connectivity index (χ1n) is 10.4. The van der Waals surface area contributed by atoms with Crippen LogP contribution in [0.4, 0.5) is 15.9 Å². The minimum Gasteiger partial charge on any atom is -0.481 e. The number of aryl methyl sites for hydroxylation is 1. The van der Waals surface area contributed by atoms with Crippen LogP contribution in [0.3, 0.4) is 0 Å². The summed E-state index contributed by atoms with van der Waals surface area (Å²) < 4.78 is 15.8. The second-order valence-corrected chi connectivity index (χ2v) is 8.53. The number of hydrogen-bond donors (Lipinski definition) is 1. The lowest BCUT2D eigenvalue weighted by Gasteiger charge is -2.33. The van der Waals surface area contributed by atoms with Crippen LogP contribution in [0, 0.1) is 19.7 Å². The molecular weight excluding hydrogens is 429 g/mol. The average Bonchev–Trinajstić information content (AvgIpc) is 3.10. The highest BCUT2D eigenvalue weighted by atomic mass is 35.5. The number of nitrogens with zero attached hydrogens (tertiary/aromatic N) is 3. The molecule has 0 atom stereocenters. The molecule has 0 bridgehead atoms. The molecule has 7 heteroatoms. The number of aliphatic carboxylic acids is 1. The van der Waals surface area contributed by atoms with E-state index < -0.39 is 11.8 Å². The molecule has 0 aliphatic carbocycles. The fourth-order valence-corrected chi connectivity index (χ4v) is 4.92. The minimum atomic E-state index is -0.895. The second-order valence-electron chi connectivity index (χ2n) is 8.09. The predicted molar refractivity (Wildman–Crippen MR) is 124 cm³/mol. The highest BCUT2D eigenvalue weighted by Crippen LogP contribution is 2.46. The molecule has 0 fully saturated rings. The molecule has 5 nitrogen and oxygen atoms in total. The average molecular weight is 450 g/mol. The Morgan fingerprint density at radius 2 is 1.91 bits per heavy atom. The van der Waals surface area contributed by atoms with Crippen molar-refractivity contribution in [1.82, 2.24) is 9.55 Å². The molecule has 2 aromatic carbocycles. The number of aromatic nitrogens is 2. The van der Waals surface area contributed by atoms with Crippen molar-refractivity contribution >= 4 is 40.0 Å². The van der Waals surface area contributed by atoms with Crippen LogP contribution in [0.5, 0.6) is 0 Å². The van der Waals surface area contributed by atoms with Gasteiger partial charge in [0.25, 0.3) is 0 Å². The summed E-state index contributed by atoms with van der Waals surface area (Å²) in [5.41, 5.74) is 6.55. The zero-order chi connectivity index (χ0) is 22.6. The minimum absolute atomic E-state index is 0.109.